The molecule has 3 heterocycles. The van der Waals surface area contributed by atoms with Gasteiger partial charge in [0.25, 0.3) is 0 Å². The summed E-state index contributed by atoms with van der Waals surface area (Å²) in [5.41, 5.74) is 4.01. The summed E-state index contributed by atoms with van der Waals surface area (Å²) in [5, 5.41) is 3.65. The molecule has 0 saturated heterocycles. The second-order valence-corrected chi connectivity index (χ2v) is 5.53. The average Bonchev–Trinajstić information content (AvgIpc) is 2.82. The van der Waals surface area contributed by atoms with Gasteiger partial charge in [-0.25, -0.2) is 4.99 Å². The van der Waals surface area contributed by atoms with Crippen molar-refractivity contribution in [1.29, 1.82) is 0 Å². The third-order valence-electron chi connectivity index (χ3n) is 3.79. The van der Waals surface area contributed by atoms with Crippen molar-refractivity contribution in [1.82, 2.24) is 10.2 Å². The first-order chi connectivity index (χ1) is 10.2. The molecule has 0 spiro atoms. The van der Waals surface area contributed by atoms with Crippen LogP contribution in [0.4, 0.5) is 0 Å². The van der Waals surface area contributed by atoms with Crippen molar-refractivity contribution in [3.05, 3.63) is 70.2 Å². The summed E-state index contributed by atoms with van der Waals surface area (Å²) in [4.78, 5) is 18.4. The van der Waals surface area contributed by atoms with Crippen LogP contribution in [0.1, 0.15) is 12.0 Å². The Balaban J connectivity index is 1.82. The fourth-order valence-corrected chi connectivity index (χ4v) is 2.97. The molecular formula is C16H12ClN3O. The number of nitrogens with one attached hydrogen (secondary N) is 1. The van der Waals surface area contributed by atoms with Crippen LogP contribution in [-0.4, -0.2) is 23.2 Å². The number of carbonyl (C=O) groups is 1. The van der Waals surface area contributed by atoms with Crippen LogP contribution in [0.3, 0.4) is 0 Å². The van der Waals surface area contributed by atoms with Crippen LogP contribution in [-0.2, 0) is 4.79 Å². The first-order valence-corrected chi connectivity index (χ1v) is 7.14. The number of benzene rings is 1. The van der Waals surface area contributed by atoms with Gasteiger partial charge >= 0.3 is 0 Å². The van der Waals surface area contributed by atoms with Gasteiger partial charge in [0, 0.05) is 47.1 Å². The van der Waals surface area contributed by atoms with Gasteiger partial charge in [0.2, 0.25) is 5.91 Å². The third-order valence-corrected chi connectivity index (χ3v) is 4.04. The highest BCUT2D eigenvalue weighted by Gasteiger charge is 2.32. The molecule has 0 saturated carbocycles. The minimum atomic E-state index is -0.0808. The Hall–Kier alpha value is -2.33. The summed E-state index contributed by atoms with van der Waals surface area (Å²) in [6, 6.07) is 7.64. The molecule has 5 heteroatoms. The van der Waals surface area contributed by atoms with Crippen LogP contribution in [0.5, 0.6) is 0 Å². The SMILES string of the molecule is O=C1C=CC2=CN=C(c3ccc(Cl)cc3)N3CCC(=C23)N1. The predicted molar refractivity (Wildman–Crippen MR) is 81.7 cm³/mol. The number of halogens is 1. The second kappa shape index (κ2) is 4.60. The van der Waals surface area contributed by atoms with Gasteiger partial charge in [-0.3, -0.25) is 4.79 Å². The lowest BCUT2D eigenvalue weighted by atomic mass is 10.1. The van der Waals surface area contributed by atoms with Gasteiger partial charge in [0.15, 0.2) is 0 Å². The molecule has 0 unspecified atom stereocenters. The molecule has 0 aliphatic carbocycles. The maximum atomic E-state index is 11.7. The standard InChI is InChI=1S/C16H12ClN3O/c17-12-4-1-10(2-5-12)16-18-9-11-3-6-14(21)19-13-7-8-20(16)15(11)13/h1-6,9H,7-8H2,(H,19,21). The molecule has 1 aromatic rings. The van der Waals surface area contributed by atoms with Crippen molar-refractivity contribution in [3.63, 3.8) is 0 Å². The average molecular weight is 298 g/mol. The van der Waals surface area contributed by atoms with Gasteiger partial charge in [-0.15, -0.1) is 0 Å². The Morgan fingerprint density at radius 2 is 2.00 bits per heavy atom. The van der Waals surface area contributed by atoms with Crippen molar-refractivity contribution in [2.45, 2.75) is 6.42 Å². The van der Waals surface area contributed by atoms with E-state index in [-0.39, 0.29) is 5.91 Å². The minimum Gasteiger partial charge on any atom is -0.324 e. The molecule has 1 N–H and O–H groups in total. The maximum Gasteiger partial charge on any atom is 0.248 e. The number of rotatable bonds is 1. The number of hydrogen-bond donors (Lipinski definition) is 1. The number of amides is 1. The quantitative estimate of drug-likeness (QED) is 0.866. The van der Waals surface area contributed by atoms with E-state index in [0.29, 0.717) is 5.02 Å². The fraction of sp³-hybridized carbons (Fsp3) is 0.125. The number of hydrogen-bond acceptors (Lipinski definition) is 3. The zero-order valence-corrected chi connectivity index (χ0v) is 11.9. The minimum absolute atomic E-state index is 0.0808. The fourth-order valence-electron chi connectivity index (χ4n) is 2.85. The number of amidine groups is 1. The number of carbonyl (C=O) groups excluding carboxylic acids is 1. The molecule has 0 fully saturated rings. The van der Waals surface area contributed by atoms with Crippen LogP contribution >= 0.6 is 11.6 Å². The van der Waals surface area contributed by atoms with E-state index >= 15 is 0 Å². The van der Waals surface area contributed by atoms with Gasteiger partial charge in [0.1, 0.15) is 5.84 Å². The van der Waals surface area contributed by atoms with Crippen LogP contribution in [0.25, 0.3) is 0 Å². The van der Waals surface area contributed by atoms with E-state index in [1.165, 1.54) is 0 Å². The van der Waals surface area contributed by atoms with Crippen molar-refractivity contribution < 1.29 is 4.79 Å². The second-order valence-electron chi connectivity index (χ2n) is 5.10. The Kier molecular flexibility index (Phi) is 2.72. The molecular weight excluding hydrogens is 286 g/mol. The van der Waals surface area contributed by atoms with Crippen LogP contribution < -0.4 is 5.32 Å². The summed E-state index contributed by atoms with van der Waals surface area (Å²) in [6.45, 7) is 0.817. The Labute approximate surface area is 127 Å². The molecule has 0 aromatic heterocycles. The number of aliphatic imine (C=N–C) groups is 1. The topological polar surface area (TPSA) is 44.7 Å². The van der Waals surface area contributed by atoms with Crippen molar-refractivity contribution >= 4 is 23.3 Å². The molecule has 1 aromatic carbocycles. The van der Waals surface area contributed by atoms with Gasteiger partial charge in [-0.05, 0) is 30.3 Å². The first kappa shape index (κ1) is 12.4. The Morgan fingerprint density at radius 3 is 2.81 bits per heavy atom. The highest BCUT2D eigenvalue weighted by atomic mass is 35.5. The zero-order chi connectivity index (χ0) is 14.4. The molecule has 0 bridgehead atoms. The van der Waals surface area contributed by atoms with Gasteiger partial charge in [0.05, 0.1) is 5.70 Å². The van der Waals surface area contributed by atoms with Gasteiger partial charge < -0.3 is 10.2 Å². The molecule has 1 amide bonds. The van der Waals surface area contributed by atoms with E-state index in [1.54, 1.807) is 6.08 Å². The van der Waals surface area contributed by atoms with Gasteiger partial charge in [-0.1, -0.05) is 11.6 Å². The van der Waals surface area contributed by atoms with E-state index in [1.807, 2.05) is 36.5 Å². The molecule has 4 rings (SSSR count). The van der Waals surface area contributed by atoms with E-state index in [4.69, 9.17) is 11.6 Å². The first-order valence-electron chi connectivity index (χ1n) is 6.76. The monoisotopic (exact) mass is 297 g/mol. The van der Waals surface area contributed by atoms with Crippen molar-refractivity contribution in [3.8, 4) is 0 Å². The van der Waals surface area contributed by atoms with Crippen LogP contribution in [0.2, 0.25) is 5.02 Å². The molecule has 4 nitrogen and oxygen atoms in total. The summed E-state index contributed by atoms with van der Waals surface area (Å²) in [5.74, 6) is 0.813. The van der Waals surface area contributed by atoms with E-state index in [0.717, 1.165) is 41.3 Å². The molecule has 104 valence electrons. The van der Waals surface area contributed by atoms with E-state index in [9.17, 15) is 4.79 Å². The van der Waals surface area contributed by atoms with Crippen molar-refractivity contribution in [2.75, 3.05) is 6.54 Å². The Bertz CT molecular complexity index is 756. The summed E-state index contributed by atoms with van der Waals surface area (Å²) < 4.78 is 0. The van der Waals surface area contributed by atoms with Crippen molar-refractivity contribution in [2.24, 2.45) is 4.99 Å². The zero-order valence-electron chi connectivity index (χ0n) is 11.1. The van der Waals surface area contributed by atoms with E-state index in [2.05, 4.69) is 15.2 Å². The smallest absolute Gasteiger partial charge is 0.248 e. The third kappa shape index (κ3) is 1.99. The lowest BCUT2D eigenvalue weighted by molar-refractivity contribution is -0.115. The molecule has 3 aliphatic rings. The summed E-state index contributed by atoms with van der Waals surface area (Å²) >= 11 is 5.95. The largest absolute Gasteiger partial charge is 0.324 e. The molecule has 0 atom stereocenters. The summed E-state index contributed by atoms with van der Waals surface area (Å²) in [7, 11) is 0. The lowest BCUT2D eigenvalue weighted by Crippen LogP contribution is -2.31. The Morgan fingerprint density at radius 1 is 1.19 bits per heavy atom. The molecule has 3 aliphatic heterocycles. The predicted octanol–water partition coefficient (Wildman–Crippen LogP) is 2.59. The normalized spacial score (nSPS) is 19.9. The number of allylic oxidation sites excluding steroid dienone is 1. The molecule has 21 heavy (non-hydrogen) atoms. The molecule has 0 radical (unpaired) electrons. The van der Waals surface area contributed by atoms with Gasteiger partial charge in [-0.2, -0.15) is 0 Å². The summed E-state index contributed by atoms with van der Waals surface area (Å²) in [6.07, 6.45) is 5.99. The number of nitrogens with zero attached hydrogens (tertiary/aromatic N) is 2. The van der Waals surface area contributed by atoms with E-state index < -0.39 is 0 Å². The maximum absolute atomic E-state index is 11.7. The van der Waals surface area contributed by atoms with Crippen LogP contribution in [0, 0.1) is 0 Å². The highest BCUT2D eigenvalue weighted by molar-refractivity contribution is 6.30. The van der Waals surface area contributed by atoms with Crippen LogP contribution in [0.15, 0.2) is 64.6 Å². The lowest BCUT2D eigenvalue weighted by Gasteiger charge is -2.27. The highest BCUT2D eigenvalue weighted by Crippen LogP contribution is 2.34.